The van der Waals surface area contributed by atoms with Crippen LogP contribution in [0.1, 0.15) is 15.9 Å². The summed E-state index contributed by atoms with van der Waals surface area (Å²) in [5, 5.41) is 0. The third kappa shape index (κ3) is 4.65. The van der Waals surface area contributed by atoms with Crippen LogP contribution in [0.15, 0.2) is 73.1 Å². The second-order valence-electron chi connectivity index (χ2n) is 5.97. The van der Waals surface area contributed by atoms with Crippen molar-refractivity contribution in [1.29, 1.82) is 0 Å². The quantitative estimate of drug-likeness (QED) is 0.500. The zero-order chi connectivity index (χ0) is 20.6. The minimum absolute atomic E-state index is 0.421. The molecule has 3 aromatic rings. The Morgan fingerprint density at radius 2 is 1.66 bits per heavy atom. The summed E-state index contributed by atoms with van der Waals surface area (Å²) < 4.78 is 12.4. The van der Waals surface area contributed by atoms with Crippen LogP contribution < -0.4 is 20.3 Å². The number of methoxy groups -OCH3 is 2. The van der Waals surface area contributed by atoms with E-state index in [1.807, 2.05) is 41.2 Å². The fourth-order valence-electron chi connectivity index (χ4n) is 2.82. The lowest BCUT2D eigenvalue weighted by molar-refractivity contribution is -0.117. The number of amides is 2. The van der Waals surface area contributed by atoms with Crippen LogP contribution in [0.2, 0.25) is 0 Å². The Kier molecular flexibility index (Phi) is 6.32. The number of benzene rings is 2. The van der Waals surface area contributed by atoms with Crippen molar-refractivity contribution in [3.8, 4) is 17.2 Å². The molecule has 0 aliphatic rings. The van der Waals surface area contributed by atoms with E-state index in [0.717, 1.165) is 0 Å². The second kappa shape index (κ2) is 9.27. The first-order chi connectivity index (χ1) is 14.1. The number of aromatic nitrogens is 1. The van der Waals surface area contributed by atoms with Crippen LogP contribution >= 0.6 is 0 Å². The standard InChI is InChI=1S/C22H21N3O4/c1-28-19-11-7-8-16(21(19)29-2)12-13-20(26)23-24-22(27)17-9-3-4-10-18(17)25-14-5-6-15-25/h3-15H,1-2H3,(H,23,26)(H,24,27)/b13-12+. The van der Waals surface area contributed by atoms with Crippen LogP contribution in [0.4, 0.5) is 0 Å². The van der Waals surface area contributed by atoms with E-state index in [-0.39, 0.29) is 0 Å². The van der Waals surface area contributed by atoms with Gasteiger partial charge in [0.2, 0.25) is 0 Å². The van der Waals surface area contributed by atoms with E-state index < -0.39 is 11.8 Å². The molecule has 1 heterocycles. The highest BCUT2D eigenvalue weighted by Crippen LogP contribution is 2.31. The topological polar surface area (TPSA) is 81.6 Å². The Balaban J connectivity index is 1.66. The molecule has 0 radical (unpaired) electrons. The summed E-state index contributed by atoms with van der Waals surface area (Å²) in [4.78, 5) is 24.7. The van der Waals surface area contributed by atoms with Gasteiger partial charge in [0.25, 0.3) is 11.8 Å². The molecule has 0 aliphatic carbocycles. The van der Waals surface area contributed by atoms with Crippen molar-refractivity contribution < 1.29 is 19.1 Å². The number of hydrazine groups is 1. The first kappa shape index (κ1) is 19.8. The first-order valence-corrected chi connectivity index (χ1v) is 8.86. The Labute approximate surface area is 168 Å². The van der Waals surface area contributed by atoms with Gasteiger partial charge in [0.1, 0.15) is 0 Å². The van der Waals surface area contributed by atoms with Crippen molar-refractivity contribution in [2.24, 2.45) is 0 Å². The minimum atomic E-state index is -0.485. The largest absolute Gasteiger partial charge is 0.493 e. The van der Waals surface area contributed by atoms with E-state index in [2.05, 4.69) is 10.9 Å². The number of carbonyl (C=O) groups is 2. The zero-order valence-electron chi connectivity index (χ0n) is 16.1. The van der Waals surface area contributed by atoms with E-state index in [0.29, 0.717) is 28.3 Å². The molecule has 148 valence electrons. The van der Waals surface area contributed by atoms with E-state index in [9.17, 15) is 9.59 Å². The second-order valence-corrected chi connectivity index (χ2v) is 5.97. The van der Waals surface area contributed by atoms with Crippen LogP contribution in [0.3, 0.4) is 0 Å². The fourth-order valence-corrected chi connectivity index (χ4v) is 2.82. The SMILES string of the molecule is COc1cccc(/C=C/C(=O)NNC(=O)c2ccccc2-n2cccc2)c1OC. The molecule has 0 fully saturated rings. The summed E-state index contributed by atoms with van der Waals surface area (Å²) in [7, 11) is 3.07. The Morgan fingerprint density at radius 3 is 2.38 bits per heavy atom. The molecule has 0 saturated heterocycles. The number of para-hydroxylation sites is 2. The summed E-state index contributed by atoms with van der Waals surface area (Å²) in [5.41, 5.74) is 6.63. The van der Waals surface area contributed by atoms with E-state index in [1.54, 1.807) is 43.5 Å². The lowest BCUT2D eigenvalue weighted by Crippen LogP contribution is -2.41. The van der Waals surface area contributed by atoms with Gasteiger partial charge in [0.05, 0.1) is 25.5 Å². The molecular weight excluding hydrogens is 370 g/mol. The number of hydrogen-bond donors (Lipinski definition) is 2. The van der Waals surface area contributed by atoms with Gasteiger partial charge in [0, 0.05) is 24.0 Å². The van der Waals surface area contributed by atoms with Gasteiger partial charge in [-0.2, -0.15) is 0 Å². The van der Waals surface area contributed by atoms with Crippen LogP contribution in [0.25, 0.3) is 11.8 Å². The highest BCUT2D eigenvalue weighted by molar-refractivity contribution is 6.00. The summed E-state index contributed by atoms with van der Waals surface area (Å²) in [6.07, 6.45) is 6.57. The van der Waals surface area contributed by atoms with Crippen molar-refractivity contribution in [2.45, 2.75) is 0 Å². The average molecular weight is 391 g/mol. The lowest BCUT2D eigenvalue weighted by Gasteiger charge is -2.11. The molecule has 2 N–H and O–H groups in total. The van der Waals surface area contributed by atoms with Gasteiger partial charge in [-0.1, -0.05) is 24.3 Å². The zero-order valence-corrected chi connectivity index (χ0v) is 16.1. The third-order valence-electron chi connectivity index (χ3n) is 4.18. The van der Waals surface area contributed by atoms with Gasteiger partial charge in [-0.15, -0.1) is 0 Å². The third-order valence-corrected chi connectivity index (χ3v) is 4.18. The number of ether oxygens (including phenoxy) is 2. The van der Waals surface area contributed by atoms with E-state index in [4.69, 9.17) is 9.47 Å². The molecule has 0 unspecified atom stereocenters. The molecule has 2 aromatic carbocycles. The molecule has 7 nitrogen and oxygen atoms in total. The van der Waals surface area contributed by atoms with Gasteiger partial charge in [-0.3, -0.25) is 20.4 Å². The molecule has 0 atom stereocenters. The smallest absolute Gasteiger partial charge is 0.271 e. The van der Waals surface area contributed by atoms with Gasteiger partial charge >= 0.3 is 0 Å². The number of nitrogens with one attached hydrogen (secondary N) is 2. The highest BCUT2D eigenvalue weighted by Gasteiger charge is 2.12. The fraction of sp³-hybridized carbons (Fsp3) is 0.0909. The predicted octanol–water partition coefficient (Wildman–Crippen LogP) is 2.97. The van der Waals surface area contributed by atoms with Crippen LogP contribution in [-0.2, 0) is 4.79 Å². The number of hydrogen-bond acceptors (Lipinski definition) is 4. The normalized spacial score (nSPS) is 10.6. The summed E-state index contributed by atoms with van der Waals surface area (Å²) in [5.74, 6) is 0.172. The highest BCUT2D eigenvalue weighted by atomic mass is 16.5. The van der Waals surface area contributed by atoms with Crippen molar-refractivity contribution >= 4 is 17.9 Å². The minimum Gasteiger partial charge on any atom is -0.493 e. The molecule has 2 amide bonds. The first-order valence-electron chi connectivity index (χ1n) is 8.86. The van der Waals surface area contributed by atoms with Gasteiger partial charge in [0.15, 0.2) is 11.5 Å². The van der Waals surface area contributed by atoms with Crippen LogP contribution in [0, 0.1) is 0 Å². The maximum Gasteiger partial charge on any atom is 0.271 e. The maximum absolute atomic E-state index is 12.5. The Morgan fingerprint density at radius 1 is 0.897 bits per heavy atom. The number of nitrogens with zero attached hydrogens (tertiary/aromatic N) is 1. The molecular formula is C22H21N3O4. The lowest BCUT2D eigenvalue weighted by atomic mass is 10.1. The van der Waals surface area contributed by atoms with Gasteiger partial charge < -0.3 is 14.0 Å². The molecule has 29 heavy (non-hydrogen) atoms. The number of rotatable bonds is 6. The van der Waals surface area contributed by atoms with Gasteiger partial charge in [-0.05, 0) is 36.4 Å². The van der Waals surface area contributed by atoms with E-state index in [1.165, 1.54) is 13.2 Å². The molecule has 3 rings (SSSR count). The predicted molar refractivity (Wildman–Crippen MR) is 110 cm³/mol. The molecule has 0 bridgehead atoms. The number of carbonyl (C=O) groups excluding carboxylic acids is 2. The summed E-state index contributed by atoms with van der Waals surface area (Å²) in [6, 6.07) is 16.2. The molecule has 7 heteroatoms. The Bertz CT molecular complexity index is 1030. The van der Waals surface area contributed by atoms with Crippen molar-refractivity contribution in [2.75, 3.05) is 14.2 Å². The summed E-state index contributed by atoms with van der Waals surface area (Å²) >= 11 is 0. The van der Waals surface area contributed by atoms with Crippen LogP contribution in [-0.4, -0.2) is 30.6 Å². The Hall–Kier alpha value is -4.00. The molecule has 0 saturated carbocycles. The van der Waals surface area contributed by atoms with Crippen molar-refractivity contribution in [3.05, 3.63) is 84.2 Å². The van der Waals surface area contributed by atoms with Gasteiger partial charge in [-0.25, -0.2) is 0 Å². The molecule has 1 aromatic heterocycles. The molecule has 0 spiro atoms. The average Bonchev–Trinajstić information content (AvgIpc) is 3.30. The van der Waals surface area contributed by atoms with E-state index >= 15 is 0 Å². The maximum atomic E-state index is 12.5. The van der Waals surface area contributed by atoms with Crippen molar-refractivity contribution in [3.63, 3.8) is 0 Å². The van der Waals surface area contributed by atoms with Crippen LogP contribution in [0.5, 0.6) is 11.5 Å². The van der Waals surface area contributed by atoms with Crippen molar-refractivity contribution in [1.82, 2.24) is 15.4 Å². The summed E-state index contributed by atoms with van der Waals surface area (Å²) in [6.45, 7) is 0. The molecule has 0 aliphatic heterocycles. The monoisotopic (exact) mass is 391 g/mol.